The Labute approximate surface area is 204 Å². The molecule has 0 spiro atoms. The number of hydrogen-bond acceptors (Lipinski definition) is 0. The molecule has 0 aromatic heterocycles. The second-order valence-corrected chi connectivity index (χ2v) is 8.85. The van der Waals surface area contributed by atoms with Crippen molar-refractivity contribution < 1.29 is 17.6 Å². The second-order valence-electron chi connectivity index (χ2n) is 8.85. The molecule has 1 unspecified atom stereocenters. The molecule has 4 rings (SSSR count). The highest BCUT2D eigenvalue weighted by molar-refractivity contribution is 5.74. The fraction of sp³-hybridized carbons (Fsp3) is 0.226. The molecule has 3 aromatic carbocycles. The van der Waals surface area contributed by atoms with Crippen LogP contribution in [0.4, 0.5) is 17.6 Å². The molecule has 1 atom stereocenters. The van der Waals surface area contributed by atoms with Gasteiger partial charge in [0.2, 0.25) is 0 Å². The van der Waals surface area contributed by atoms with E-state index in [-0.39, 0.29) is 16.7 Å². The molecule has 0 aliphatic heterocycles. The van der Waals surface area contributed by atoms with Crippen molar-refractivity contribution in [1.29, 1.82) is 0 Å². The van der Waals surface area contributed by atoms with Gasteiger partial charge < -0.3 is 0 Å². The van der Waals surface area contributed by atoms with Crippen LogP contribution in [0.1, 0.15) is 43.7 Å². The van der Waals surface area contributed by atoms with Gasteiger partial charge in [-0.2, -0.15) is 0 Å². The molecule has 0 fully saturated rings. The highest BCUT2D eigenvalue weighted by Gasteiger charge is 2.20. The van der Waals surface area contributed by atoms with Crippen molar-refractivity contribution in [2.75, 3.05) is 0 Å². The van der Waals surface area contributed by atoms with Crippen molar-refractivity contribution >= 4 is 5.57 Å². The summed E-state index contributed by atoms with van der Waals surface area (Å²) >= 11 is 0. The first kappa shape index (κ1) is 24.7. The van der Waals surface area contributed by atoms with Crippen LogP contribution in [0, 0.1) is 29.2 Å². The quantitative estimate of drug-likeness (QED) is 0.235. The van der Waals surface area contributed by atoms with Gasteiger partial charge in [0.25, 0.3) is 0 Å². The van der Waals surface area contributed by atoms with E-state index in [0.717, 1.165) is 24.8 Å². The Morgan fingerprint density at radius 1 is 0.771 bits per heavy atom. The summed E-state index contributed by atoms with van der Waals surface area (Å²) < 4.78 is 59.3. The molecule has 0 radical (unpaired) electrons. The molecule has 0 saturated carbocycles. The standard InChI is InChI=1S/C31H28F4/c1-3-5-6-7-24-16-17-25(29(33)28(24)32)22-12-14-23(15-13-22)27-19-18-26(30(34)31(27)35)21-10-8-20(4-2)9-11-21/h4-6,10,12-20H,2-3,7-9,11H2,1H3/b6-5-. The number of rotatable bonds is 7. The molecule has 0 amide bonds. The van der Waals surface area contributed by atoms with Crippen LogP contribution in [-0.2, 0) is 6.42 Å². The third-order valence-corrected chi connectivity index (χ3v) is 6.62. The van der Waals surface area contributed by atoms with Gasteiger partial charge in [0.05, 0.1) is 0 Å². The van der Waals surface area contributed by atoms with E-state index in [4.69, 9.17) is 0 Å². The largest absolute Gasteiger partial charge is 0.203 e. The van der Waals surface area contributed by atoms with Crippen molar-refractivity contribution in [3.63, 3.8) is 0 Å². The number of benzene rings is 3. The second kappa shape index (κ2) is 10.9. The molecule has 3 aromatic rings. The molecule has 1 aliphatic carbocycles. The van der Waals surface area contributed by atoms with Crippen molar-refractivity contribution in [2.45, 2.75) is 39.0 Å². The van der Waals surface area contributed by atoms with Crippen molar-refractivity contribution in [1.82, 2.24) is 0 Å². The summed E-state index contributed by atoms with van der Waals surface area (Å²) in [5.74, 6) is -3.19. The topological polar surface area (TPSA) is 0 Å². The lowest BCUT2D eigenvalue weighted by Crippen LogP contribution is -2.04. The number of halogens is 4. The SMILES string of the molecule is C=CC1CC=C(c2ccc(-c3ccc(-c4ccc(C/C=C\CC)c(F)c4F)cc3)c(F)c2F)CC1. The van der Waals surface area contributed by atoms with Crippen LogP contribution in [0.5, 0.6) is 0 Å². The van der Waals surface area contributed by atoms with Crippen molar-refractivity contribution in [3.8, 4) is 22.3 Å². The molecule has 0 bridgehead atoms. The lowest BCUT2D eigenvalue weighted by atomic mass is 9.86. The zero-order valence-electron chi connectivity index (χ0n) is 19.8. The van der Waals surface area contributed by atoms with Gasteiger partial charge in [-0.25, -0.2) is 17.6 Å². The maximum atomic E-state index is 15.0. The zero-order chi connectivity index (χ0) is 24.9. The Morgan fingerprint density at radius 3 is 1.91 bits per heavy atom. The van der Waals surface area contributed by atoms with Gasteiger partial charge in [-0.05, 0) is 60.3 Å². The van der Waals surface area contributed by atoms with Crippen LogP contribution < -0.4 is 0 Å². The zero-order valence-corrected chi connectivity index (χ0v) is 19.8. The molecule has 180 valence electrons. The van der Waals surface area contributed by atoms with Gasteiger partial charge in [-0.1, -0.05) is 79.8 Å². The third kappa shape index (κ3) is 5.17. The molecule has 0 saturated heterocycles. The van der Waals surface area contributed by atoms with E-state index in [1.54, 1.807) is 48.5 Å². The maximum Gasteiger partial charge on any atom is 0.167 e. The van der Waals surface area contributed by atoms with Crippen LogP contribution in [0.2, 0.25) is 0 Å². The molecule has 1 aliphatic rings. The smallest absolute Gasteiger partial charge is 0.167 e. The minimum absolute atomic E-state index is 0.126. The van der Waals surface area contributed by atoms with E-state index >= 15 is 4.39 Å². The van der Waals surface area contributed by atoms with E-state index in [0.29, 0.717) is 35.4 Å². The highest BCUT2D eigenvalue weighted by Crippen LogP contribution is 2.36. The first-order valence-corrected chi connectivity index (χ1v) is 12.0. The van der Waals surface area contributed by atoms with Crippen LogP contribution in [0.25, 0.3) is 27.8 Å². The molecule has 4 heteroatoms. The average molecular weight is 477 g/mol. The molecule has 0 N–H and O–H groups in total. The highest BCUT2D eigenvalue weighted by atomic mass is 19.2. The van der Waals surface area contributed by atoms with Gasteiger partial charge in [0, 0.05) is 16.7 Å². The van der Waals surface area contributed by atoms with Crippen LogP contribution in [0.3, 0.4) is 0 Å². The number of allylic oxidation sites excluding steroid dienone is 5. The first-order chi connectivity index (χ1) is 16.9. The normalized spacial score (nSPS) is 15.9. The summed E-state index contributed by atoms with van der Waals surface area (Å²) in [6, 6.07) is 12.7. The third-order valence-electron chi connectivity index (χ3n) is 6.62. The fourth-order valence-corrected chi connectivity index (χ4v) is 4.51. The Balaban J connectivity index is 1.59. The summed E-state index contributed by atoms with van der Waals surface area (Å²) in [5, 5.41) is 0. The summed E-state index contributed by atoms with van der Waals surface area (Å²) in [6.07, 6.45) is 11.0. The van der Waals surface area contributed by atoms with Gasteiger partial charge >= 0.3 is 0 Å². The summed E-state index contributed by atoms with van der Waals surface area (Å²) in [6.45, 7) is 5.78. The summed E-state index contributed by atoms with van der Waals surface area (Å²) in [5.41, 5.74) is 2.57. The van der Waals surface area contributed by atoms with Gasteiger partial charge in [-0.15, -0.1) is 6.58 Å². The first-order valence-electron chi connectivity index (χ1n) is 12.0. The van der Waals surface area contributed by atoms with E-state index in [1.165, 1.54) is 0 Å². The lowest BCUT2D eigenvalue weighted by Gasteiger charge is -2.20. The molecule has 0 nitrogen and oxygen atoms in total. The molecular formula is C31H28F4. The van der Waals surface area contributed by atoms with Crippen molar-refractivity contribution in [2.24, 2.45) is 5.92 Å². The van der Waals surface area contributed by atoms with Gasteiger partial charge in [0.15, 0.2) is 23.3 Å². The minimum atomic E-state index is -0.916. The van der Waals surface area contributed by atoms with Crippen LogP contribution in [0.15, 0.2) is 79.4 Å². The monoisotopic (exact) mass is 476 g/mol. The Hall–Kier alpha value is -3.40. The van der Waals surface area contributed by atoms with Crippen LogP contribution in [-0.4, -0.2) is 0 Å². The Morgan fingerprint density at radius 2 is 1.34 bits per heavy atom. The van der Waals surface area contributed by atoms with Crippen LogP contribution >= 0.6 is 0 Å². The average Bonchev–Trinajstić information content (AvgIpc) is 2.89. The Kier molecular flexibility index (Phi) is 7.70. The lowest BCUT2D eigenvalue weighted by molar-refractivity contribution is 0.503. The van der Waals surface area contributed by atoms with E-state index in [9.17, 15) is 13.2 Å². The summed E-state index contributed by atoms with van der Waals surface area (Å²) in [4.78, 5) is 0. The molecular weight excluding hydrogens is 448 g/mol. The molecule has 0 heterocycles. The predicted octanol–water partition coefficient (Wildman–Crippen LogP) is 9.46. The number of hydrogen-bond donors (Lipinski definition) is 0. The van der Waals surface area contributed by atoms with E-state index in [1.807, 2.05) is 31.2 Å². The minimum Gasteiger partial charge on any atom is -0.203 e. The van der Waals surface area contributed by atoms with E-state index in [2.05, 4.69) is 6.58 Å². The maximum absolute atomic E-state index is 15.0. The predicted molar refractivity (Wildman–Crippen MR) is 136 cm³/mol. The van der Waals surface area contributed by atoms with Gasteiger partial charge in [-0.3, -0.25) is 0 Å². The van der Waals surface area contributed by atoms with Crippen molar-refractivity contribution in [3.05, 3.63) is 114 Å². The molecule has 35 heavy (non-hydrogen) atoms. The summed E-state index contributed by atoms with van der Waals surface area (Å²) in [7, 11) is 0. The Bertz CT molecular complexity index is 1280. The fourth-order valence-electron chi connectivity index (χ4n) is 4.51. The van der Waals surface area contributed by atoms with Gasteiger partial charge in [0.1, 0.15) is 0 Å². The van der Waals surface area contributed by atoms with E-state index < -0.39 is 23.3 Å².